The van der Waals surface area contributed by atoms with E-state index in [9.17, 15) is 0 Å². The summed E-state index contributed by atoms with van der Waals surface area (Å²) in [6, 6.07) is 21.3. The molecule has 6 rings (SSSR count). The molecule has 0 saturated heterocycles. The molecule has 142 valence electrons. The third-order valence-corrected chi connectivity index (χ3v) is 6.24. The van der Waals surface area contributed by atoms with E-state index in [2.05, 4.69) is 74.8 Å². The highest BCUT2D eigenvalue weighted by Crippen LogP contribution is 2.33. The first-order valence-electron chi connectivity index (χ1n) is 10.3. The Morgan fingerprint density at radius 3 is 2.62 bits per heavy atom. The summed E-state index contributed by atoms with van der Waals surface area (Å²) in [6.45, 7) is 0. The summed E-state index contributed by atoms with van der Waals surface area (Å²) in [7, 11) is 0. The second-order valence-corrected chi connectivity index (χ2v) is 8.15. The SMILES string of the molecule is c1ccc(-c2cc3cc(-c4ccc5n[nH]c(CC6CCC6)c5c4)cnc3[nH]2)cc1. The molecule has 0 aliphatic heterocycles. The van der Waals surface area contributed by atoms with E-state index in [0.717, 1.165) is 40.1 Å². The summed E-state index contributed by atoms with van der Waals surface area (Å²) in [4.78, 5) is 8.12. The molecule has 29 heavy (non-hydrogen) atoms. The first-order valence-corrected chi connectivity index (χ1v) is 10.3. The Balaban J connectivity index is 1.39. The largest absolute Gasteiger partial charge is 0.339 e. The van der Waals surface area contributed by atoms with Crippen molar-refractivity contribution in [1.29, 1.82) is 0 Å². The predicted molar refractivity (Wildman–Crippen MR) is 118 cm³/mol. The number of nitrogens with one attached hydrogen (secondary N) is 2. The van der Waals surface area contributed by atoms with Gasteiger partial charge >= 0.3 is 0 Å². The van der Waals surface area contributed by atoms with Crippen molar-refractivity contribution < 1.29 is 0 Å². The molecule has 0 radical (unpaired) electrons. The van der Waals surface area contributed by atoms with Crippen LogP contribution in [0.15, 0.2) is 66.9 Å². The lowest BCUT2D eigenvalue weighted by Gasteiger charge is -2.24. The number of rotatable bonds is 4. The average molecular weight is 378 g/mol. The third kappa shape index (κ3) is 2.92. The van der Waals surface area contributed by atoms with Crippen molar-refractivity contribution in [2.75, 3.05) is 0 Å². The molecule has 0 atom stereocenters. The summed E-state index contributed by atoms with van der Waals surface area (Å²) in [5, 5.41) is 10.2. The molecular weight excluding hydrogens is 356 g/mol. The van der Waals surface area contributed by atoms with Crippen LogP contribution in [0.4, 0.5) is 0 Å². The van der Waals surface area contributed by atoms with Crippen LogP contribution in [0.3, 0.4) is 0 Å². The lowest BCUT2D eigenvalue weighted by molar-refractivity contribution is 0.312. The molecule has 2 N–H and O–H groups in total. The maximum Gasteiger partial charge on any atom is 0.137 e. The van der Waals surface area contributed by atoms with Crippen molar-refractivity contribution in [3.05, 3.63) is 72.6 Å². The first-order chi connectivity index (χ1) is 14.3. The van der Waals surface area contributed by atoms with Gasteiger partial charge in [0.15, 0.2) is 0 Å². The molecule has 0 unspecified atom stereocenters. The highest BCUT2D eigenvalue weighted by molar-refractivity contribution is 5.90. The van der Waals surface area contributed by atoms with Crippen LogP contribution in [0.25, 0.3) is 44.3 Å². The lowest BCUT2D eigenvalue weighted by Crippen LogP contribution is -2.13. The summed E-state index contributed by atoms with van der Waals surface area (Å²) in [5.41, 5.74) is 7.83. The van der Waals surface area contributed by atoms with Crippen molar-refractivity contribution in [3.8, 4) is 22.4 Å². The Morgan fingerprint density at radius 2 is 1.79 bits per heavy atom. The topological polar surface area (TPSA) is 57.4 Å². The smallest absolute Gasteiger partial charge is 0.137 e. The van der Waals surface area contributed by atoms with Gasteiger partial charge < -0.3 is 4.98 Å². The molecule has 5 aromatic rings. The van der Waals surface area contributed by atoms with E-state index in [0.29, 0.717) is 0 Å². The number of aromatic amines is 2. The first kappa shape index (κ1) is 16.5. The fourth-order valence-corrected chi connectivity index (χ4v) is 4.33. The summed E-state index contributed by atoms with van der Waals surface area (Å²) in [6.07, 6.45) is 7.13. The van der Waals surface area contributed by atoms with Crippen molar-refractivity contribution in [2.24, 2.45) is 5.92 Å². The lowest BCUT2D eigenvalue weighted by atomic mass is 9.81. The molecule has 1 fully saturated rings. The van der Waals surface area contributed by atoms with Crippen LogP contribution >= 0.6 is 0 Å². The Kier molecular flexibility index (Phi) is 3.76. The second-order valence-electron chi connectivity index (χ2n) is 8.15. The zero-order chi connectivity index (χ0) is 19.2. The number of benzene rings is 2. The van der Waals surface area contributed by atoms with Gasteiger partial charge in [0, 0.05) is 33.9 Å². The number of pyridine rings is 1. The van der Waals surface area contributed by atoms with E-state index < -0.39 is 0 Å². The number of hydrogen-bond donors (Lipinski definition) is 2. The average Bonchev–Trinajstić information content (AvgIpc) is 3.34. The molecule has 0 spiro atoms. The molecule has 4 heteroatoms. The van der Waals surface area contributed by atoms with Crippen LogP contribution < -0.4 is 0 Å². The molecule has 1 aliphatic rings. The number of nitrogens with zero attached hydrogens (tertiary/aromatic N) is 2. The maximum atomic E-state index is 4.69. The van der Waals surface area contributed by atoms with Gasteiger partial charge in [0.1, 0.15) is 5.65 Å². The Labute approximate surface area is 169 Å². The minimum absolute atomic E-state index is 0.816. The molecule has 0 bridgehead atoms. The Morgan fingerprint density at radius 1 is 0.897 bits per heavy atom. The van der Waals surface area contributed by atoms with Gasteiger partial charge in [-0.2, -0.15) is 5.10 Å². The maximum absolute atomic E-state index is 4.69. The minimum atomic E-state index is 0.816. The summed E-state index contributed by atoms with van der Waals surface area (Å²) in [5.74, 6) is 0.816. The fourth-order valence-electron chi connectivity index (χ4n) is 4.33. The molecule has 1 aliphatic carbocycles. The molecule has 2 aromatic carbocycles. The monoisotopic (exact) mass is 378 g/mol. The van der Waals surface area contributed by atoms with Gasteiger partial charge in [-0.3, -0.25) is 5.10 Å². The van der Waals surface area contributed by atoms with Gasteiger partial charge in [0.05, 0.1) is 5.52 Å². The number of fused-ring (bicyclic) bond motifs is 2. The van der Waals surface area contributed by atoms with Crippen LogP contribution in [0.1, 0.15) is 25.0 Å². The van der Waals surface area contributed by atoms with Crippen molar-refractivity contribution in [3.63, 3.8) is 0 Å². The van der Waals surface area contributed by atoms with E-state index in [4.69, 9.17) is 0 Å². The highest BCUT2D eigenvalue weighted by atomic mass is 15.1. The quantitative estimate of drug-likeness (QED) is 0.396. The van der Waals surface area contributed by atoms with Gasteiger partial charge in [0.25, 0.3) is 0 Å². The van der Waals surface area contributed by atoms with Gasteiger partial charge in [-0.15, -0.1) is 0 Å². The van der Waals surface area contributed by atoms with Gasteiger partial charge in [-0.1, -0.05) is 55.7 Å². The number of H-pyrrole nitrogens is 2. The molecule has 3 heterocycles. The third-order valence-electron chi connectivity index (χ3n) is 6.24. The number of aromatic nitrogens is 4. The summed E-state index contributed by atoms with van der Waals surface area (Å²) >= 11 is 0. The normalized spacial score (nSPS) is 14.5. The van der Waals surface area contributed by atoms with E-state index in [1.807, 2.05) is 12.3 Å². The highest BCUT2D eigenvalue weighted by Gasteiger charge is 2.20. The van der Waals surface area contributed by atoms with Crippen LogP contribution in [0.5, 0.6) is 0 Å². The van der Waals surface area contributed by atoms with Gasteiger partial charge in [0.2, 0.25) is 0 Å². The van der Waals surface area contributed by atoms with Crippen LogP contribution in [0.2, 0.25) is 0 Å². The van der Waals surface area contributed by atoms with Crippen molar-refractivity contribution in [2.45, 2.75) is 25.7 Å². The van der Waals surface area contributed by atoms with Gasteiger partial charge in [-0.25, -0.2) is 4.98 Å². The van der Waals surface area contributed by atoms with E-state index >= 15 is 0 Å². The van der Waals surface area contributed by atoms with Crippen LogP contribution in [0, 0.1) is 5.92 Å². The molecular formula is C25H22N4. The van der Waals surface area contributed by atoms with Gasteiger partial charge in [-0.05, 0) is 47.7 Å². The molecule has 4 nitrogen and oxygen atoms in total. The zero-order valence-electron chi connectivity index (χ0n) is 16.2. The van der Waals surface area contributed by atoms with E-state index in [-0.39, 0.29) is 0 Å². The Hall–Kier alpha value is -3.40. The van der Waals surface area contributed by atoms with Crippen molar-refractivity contribution in [1.82, 2.24) is 20.2 Å². The fraction of sp³-hybridized carbons (Fsp3) is 0.200. The van der Waals surface area contributed by atoms with E-state index in [1.54, 1.807) is 0 Å². The molecule has 0 amide bonds. The minimum Gasteiger partial charge on any atom is -0.339 e. The molecule has 3 aromatic heterocycles. The van der Waals surface area contributed by atoms with Crippen LogP contribution in [-0.4, -0.2) is 20.2 Å². The number of hydrogen-bond acceptors (Lipinski definition) is 2. The Bertz CT molecular complexity index is 1310. The van der Waals surface area contributed by atoms with E-state index in [1.165, 1.54) is 41.5 Å². The standard InChI is InChI=1S/C25H22N4/c1-2-7-17(8-3-1)23-14-19-12-20(15-26-25(19)27-23)18-9-10-22-21(13-18)24(29-28-22)11-16-5-4-6-16/h1-3,7-10,12-16H,4-6,11H2,(H,26,27)(H,28,29). The molecule has 1 saturated carbocycles. The van der Waals surface area contributed by atoms with Crippen molar-refractivity contribution >= 4 is 21.9 Å². The van der Waals surface area contributed by atoms with Crippen LogP contribution in [-0.2, 0) is 6.42 Å². The second kappa shape index (κ2) is 6.59. The predicted octanol–water partition coefficient (Wildman–Crippen LogP) is 6.12. The summed E-state index contributed by atoms with van der Waals surface area (Å²) < 4.78 is 0. The zero-order valence-corrected chi connectivity index (χ0v) is 16.2.